The van der Waals surface area contributed by atoms with Gasteiger partial charge < -0.3 is 21.7 Å². The van der Waals surface area contributed by atoms with Gasteiger partial charge in [-0.2, -0.15) is 52.3 Å². The number of phenolic OH excluding ortho intramolecular Hbond substituents is 2. The van der Waals surface area contributed by atoms with Crippen LogP contribution in [-0.2, 0) is 74.6 Å². The molecule has 10 aromatic carbocycles. The zero-order valence-electron chi connectivity index (χ0n) is 48.3. The highest BCUT2D eigenvalue weighted by Gasteiger charge is 2.27. The van der Waals surface area contributed by atoms with Crippen LogP contribution in [0.3, 0.4) is 0 Å². The minimum absolute atomic E-state index is 0.00401. The van der Waals surface area contributed by atoms with Gasteiger partial charge >= 0.3 is 0 Å². The lowest BCUT2D eigenvalue weighted by atomic mass is 10.0. The van der Waals surface area contributed by atoms with Crippen LogP contribution < -0.4 is 11.5 Å². The number of fused-ring (bicyclic) bond motifs is 4. The van der Waals surface area contributed by atoms with Crippen LogP contribution in [0, 0.1) is 6.92 Å². The zero-order valence-corrected chi connectivity index (χ0v) is 52.4. The molecule has 8 N–H and O–H groups in total. The van der Waals surface area contributed by atoms with E-state index in [0.717, 1.165) is 44.4 Å². The van der Waals surface area contributed by atoms with Gasteiger partial charge in [0.25, 0.3) is 50.6 Å². The second-order valence-electron chi connectivity index (χ2n) is 20.2. The Morgan fingerprint density at radius 2 is 0.891 bits per heavy atom. The van der Waals surface area contributed by atoms with E-state index in [2.05, 4.69) is 45.1 Å². The average Bonchev–Trinajstić information content (AvgIpc) is 0.761. The summed E-state index contributed by atoms with van der Waals surface area (Å²) in [5.41, 5.74) is 12.8. The van der Waals surface area contributed by atoms with Gasteiger partial charge in [0.2, 0.25) is 0 Å². The van der Waals surface area contributed by atoms with Gasteiger partial charge in [-0.1, -0.05) is 72.3 Å². The van der Waals surface area contributed by atoms with Crippen molar-refractivity contribution in [1.82, 2.24) is 0 Å². The summed E-state index contributed by atoms with van der Waals surface area (Å²) in [6.07, 6.45) is 2.65. The van der Waals surface area contributed by atoms with Crippen LogP contribution in [0.1, 0.15) is 27.8 Å². The van der Waals surface area contributed by atoms with Crippen LogP contribution in [0.5, 0.6) is 11.5 Å². The lowest BCUT2D eigenvalue weighted by molar-refractivity contribution is 0.396. The molecule has 0 spiro atoms. The normalized spacial score (nSPS) is 13.1. The number of nitrogens with zero attached hydrogens (tertiary/aromatic N) is 8. The third-order valence-electron chi connectivity index (χ3n) is 14.2. The summed E-state index contributed by atoms with van der Waals surface area (Å²) in [4.78, 5) is -1.25. The number of hydrogen-bond acceptors (Lipinski definition) is 25. The third kappa shape index (κ3) is 13.9. The number of benzene rings is 10. The fourth-order valence-electron chi connectivity index (χ4n) is 9.80. The van der Waals surface area contributed by atoms with Crippen molar-refractivity contribution in [3.8, 4) is 11.5 Å². The van der Waals surface area contributed by atoms with Crippen LogP contribution in [0.15, 0.2) is 201 Å². The fraction of sp³-hybridized carbons (Fsp3) is 0.100. The molecule has 27 nitrogen and oxygen atoms in total. The first kappa shape index (κ1) is 65.1. The molecule has 0 saturated heterocycles. The molecule has 0 fully saturated rings. The molecule has 472 valence electrons. The van der Waals surface area contributed by atoms with Crippen molar-refractivity contribution in [3.05, 3.63) is 173 Å². The monoisotopic (exact) mass is 1340 g/mol. The Balaban J connectivity index is 0.975. The zero-order chi connectivity index (χ0) is 66.2. The van der Waals surface area contributed by atoms with E-state index in [1.807, 2.05) is 31.2 Å². The van der Waals surface area contributed by atoms with E-state index in [-0.39, 0.29) is 93.9 Å². The Labute approximate surface area is 525 Å². The second-order valence-corrected chi connectivity index (χ2v) is 28.2. The standard InChI is InChI=1S/C60H50N10O17S5/c1-33-11-12-35-7-5-9-49(43(35)25-33)68-70-58-54(92(83,84)87-4)30-46-52(24-22-48(62)56(46)60(58)72)66-63-40-18-15-34(38(26-40)31-88(73,74)75)13-14-37-16-19-41(28-53(37)91(81,82)86-3)64-65-51-23-21-47(61)55-45(51)27-39(32-89(76,77)78)57(59(55)71)69-67-50-10-6-8-36-17-20-42(29-44(36)50)90(79,80)85-2/h5-30,71-72H,31-32,61-62H2,1-4H3,(H,73,74,75)(H,76,77,78)/b14-13+,65-64?,66-63?,69-67?,70-68?. The number of nitrogens with two attached hydrogens (primary N) is 2. The maximum Gasteiger partial charge on any atom is 0.299 e. The number of phenols is 2. The molecule has 10 rings (SSSR count). The first-order chi connectivity index (χ1) is 43.5. The van der Waals surface area contributed by atoms with Crippen molar-refractivity contribution in [2.75, 3.05) is 32.8 Å². The van der Waals surface area contributed by atoms with Crippen LogP contribution >= 0.6 is 0 Å². The molecule has 0 atom stereocenters. The van der Waals surface area contributed by atoms with Crippen molar-refractivity contribution in [1.29, 1.82) is 0 Å². The number of nitrogen functional groups attached to an aromatic ring is 2. The minimum atomic E-state index is -4.84. The minimum Gasteiger partial charge on any atom is -0.505 e. The first-order valence-electron chi connectivity index (χ1n) is 26.6. The highest BCUT2D eigenvalue weighted by Crippen LogP contribution is 2.49. The Morgan fingerprint density at radius 1 is 0.424 bits per heavy atom. The maximum atomic E-state index is 13.5. The van der Waals surface area contributed by atoms with E-state index in [1.54, 1.807) is 24.3 Å². The topological polar surface area (TPSA) is 430 Å². The van der Waals surface area contributed by atoms with Crippen molar-refractivity contribution >= 4 is 163 Å². The molecule has 0 radical (unpaired) electrons. The Hall–Kier alpha value is -9.87. The number of rotatable bonds is 20. The van der Waals surface area contributed by atoms with Crippen molar-refractivity contribution in [2.24, 2.45) is 40.9 Å². The molecule has 0 aliphatic carbocycles. The van der Waals surface area contributed by atoms with Gasteiger partial charge in [-0.25, -0.2) is 0 Å². The van der Waals surface area contributed by atoms with Crippen molar-refractivity contribution < 1.29 is 74.0 Å². The van der Waals surface area contributed by atoms with Gasteiger partial charge in [0.15, 0.2) is 11.5 Å². The number of aromatic hydroxyl groups is 2. The number of anilines is 2. The van der Waals surface area contributed by atoms with Gasteiger partial charge in [-0.05, 0) is 125 Å². The molecular formula is C60H50N10O17S5. The van der Waals surface area contributed by atoms with Crippen LogP contribution in [-0.4, -0.2) is 82.7 Å². The van der Waals surface area contributed by atoms with Gasteiger partial charge in [-0.15, -0.1) is 30.7 Å². The second kappa shape index (κ2) is 25.4. The Kier molecular flexibility index (Phi) is 18.0. The SMILES string of the molecule is COS(=O)(=O)c1ccc2cccc(N=Nc3c(CS(=O)(=O)O)cc4c(N=Nc5ccc(/C=C/c6ccc(N=Nc7ccc(N)c8c(O)c(N=Nc9cccc%10ccc(C)cc9%10)c(S(=O)(=O)OC)cc78)cc6CS(=O)(=O)O)c(S(=O)(=O)OC)c5)ccc(N)c4c3O)c2c1. The number of aryl methyl sites for hydroxylation is 1. The highest BCUT2D eigenvalue weighted by atomic mass is 32.2. The van der Waals surface area contributed by atoms with Crippen molar-refractivity contribution in [2.45, 2.75) is 33.1 Å². The maximum absolute atomic E-state index is 13.5. The van der Waals surface area contributed by atoms with Gasteiger partial charge in [0.05, 0.1) is 71.1 Å². The molecular weight excluding hydrogens is 1290 g/mol. The van der Waals surface area contributed by atoms with E-state index < -0.39 is 94.8 Å². The van der Waals surface area contributed by atoms with Gasteiger partial charge in [0.1, 0.15) is 32.7 Å². The van der Waals surface area contributed by atoms with Gasteiger partial charge in [0, 0.05) is 38.5 Å². The lowest BCUT2D eigenvalue weighted by Gasteiger charge is -2.13. The third-order valence-corrected chi connectivity index (χ3v) is 19.4. The number of azo groups is 4. The molecule has 0 bridgehead atoms. The predicted molar refractivity (Wildman–Crippen MR) is 344 cm³/mol. The highest BCUT2D eigenvalue weighted by molar-refractivity contribution is 7.87. The van der Waals surface area contributed by atoms with Gasteiger partial charge in [-0.3, -0.25) is 21.7 Å². The quantitative estimate of drug-likeness (QED) is 0.0136. The summed E-state index contributed by atoms with van der Waals surface area (Å²) < 4.78 is 163. The molecule has 0 aliphatic heterocycles. The summed E-state index contributed by atoms with van der Waals surface area (Å²) in [6.45, 7) is 1.89. The number of hydrogen-bond donors (Lipinski definition) is 6. The smallest absolute Gasteiger partial charge is 0.299 e. The summed E-state index contributed by atoms with van der Waals surface area (Å²) >= 11 is 0. The van der Waals surface area contributed by atoms with Crippen LogP contribution in [0.25, 0.3) is 55.2 Å². The predicted octanol–water partition coefficient (Wildman–Crippen LogP) is 13.8. The largest absolute Gasteiger partial charge is 0.505 e. The molecule has 32 heteroatoms. The lowest BCUT2D eigenvalue weighted by Crippen LogP contribution is -2.05. The molecule has 0 saturated carbocycles. The van der Waals surface area contributed by atoms with E-state index in [1.165, 1.54) is 97.1 Å². The fourth-order valence-corrected chi connectivity index (χ4v) is 13.4. The van der Waals surface area contributed by atoms with E-state index in [0.29, 0.717) is 16.5 Å². The van der Waals surface area contributed by atoms with Crippen LogP contribution in [0.4, 0.5) is 56.9 Å². The molecule has 10 aromatic rings. The molecule has 0 aromatic heterocycles. The molecule has 0 heterocycles. The van der Waals surface area contributed by atoms with E-state index in [4.69, 9.17) is 19.8 Å². The Bertz CT molecular complexity index is 5500. The molecule has 0 unspecified atom stereocenters. The van der Waals surface area contributed by atoms with Crippen molar-refractivity contribution in [3.63, 3.8) is 0 Å². The first-order valence-corrected chi connectivity index (χ1v) is 34.0. The van der Waals surface area contributed by atoms with Crippen LogP contribution in [0.2, 0.25) is 0 Å². The summed E-state index contributed by atoms with van der Waals surface area (Å²) in [7, 11) is -20.1. The van der Waals surface area contributed by atoms with E-state index in [9.17, 15) is 61.4 Å². The summed E-state index contributed by atoms with van der Waals surface area (Å²) in [6, 6.07) is 35.4. The summed E-state index contributed by atoms with van der Waals surface area (Å²) in [5, 5.41) is 59.6. The molecule has 92 heavy (non-hydrogen) atoms. The van der Waals surface area contributed by atoms with E-state index >= 15 is 0 Å². The molecule has 0 amide bonds. The molecule has 0 aliphatic rings. The average molecular weight is 1340 g/mol. The summed E-state index contributed by atoms with van der Waals surface area (Å²) in [5.74, 6) is -3.44. The Morgan fingerprint density at radius 3 is 1.47 bits per heavy atom.